The maximum atomic E-state index is 12.9. The van der Waals surface area contributed by atoms with Crippen molar-refractivity contribution in [3.63, 3.8) is 0 Å². The highest BCUT2D eigenvalue weighted by Crippen LogP contribution is 2.51. The fourth-order valence-corrected chi connectivity index (χ4v) is 4.19. The molecular formula is C20H16Cl3F3N2O2. The summed E-state index contributed by atoms with van der Waals surface area (Å²) in [6.07, 6.45) is -3.65. The van der Waals surface area contributed by atoms with Gasteiger partial charge in [-0.1, -0.05) is 46.9 Å². The third-order valence-corrected chi connectivity index (χ3v) is 5.92. The highest BCUT2D eigenvalue weighted by Gasteiger charge is 2.53. The number of rotatable bonds is 6. The van der Waals surface area contributed by atoms with E-state index in [1.54, 1.807) is 12.1 Å². The molecule has 1 fully saturated rings. The molecule has 2 aromatic rings. The van der Waals surface area contributed by atoms with Crippen LogP contribution in [-0.4, -0.2) is 17.9 Å². The molecule has 2 aromatic carbocycles. The molecule has 3 rings (SSSR count). The predicted molar refractivity (Wildman–Crippen MR) is 109 cm³/mol. The zero-order chi connectivity index (χ0) is 22.3. The van der Waals surface area contributed by atoms with Gasteiger partial charge in [-0.05, 0) is 48.2 Å². The predicted octanol–water partition coefficient (Wildman–Crippen LogP) is 4.91. The quantitative estimate of drug-likeness (QED) is 0.618. The fourth-order valence-electron chi connectivity index (χ4n) is 3.29. The van der Waals surface area contributed by atoms with Gasteiger partial charge in [0.2, 0.25) is 11.8 Å². The van der Waals surface area contributed by atoms with Crippen molar-refractivity contribution >= 4 is 46.6 Å². The summed E-state index contributed by atoms with van der Waals surface area (Å²) in [5.41, 5.74) is 4.45. The van der Waals surface area contributed by atoms with E-state index in [1.165, 1.54) is 12.1 Å². The van der Waals surface area contributed by atoms with Crippen LogP contribution >= 0.6 is 34.8 Å². The van der Waals surface area contributed by atoms with E-state index in [4.69, 9.17) is 40.5 Å². The summed E-state index contributed by atoms with van der Waals surface area (Å²) < 4.78 is 38.6. The van der Waals surface area contributed by atoms with Gasteiger partial charge in [-0.2, -0.15) is 13.2 Å². The van der Waals surface area contributed by atoms with Gasteiger partial charge in [0, 0.05) is 16.5 Å². The van der Waals surface area contributed by atoms with E-state index in [-0.39, 0.29) is 6.42 Å². The van der Waals surface area contributed by atoms with Crippen molar-refractivity contribution in [3.8, 4) is 0 Å². The van der Waals surface area contributed by atoms with Crippen LogP contribution in [-0.2, 0) is 27.6 Å². The molecule has 0 aliphatic heterocycles. The SMILES string of the molecule is NC(=O)C(Cc1ccc(C(F)(F)F)c(Cl)c1)NC(=O)C1(c2ccc(Cl)cc2Cl)CC1. The molecule has 4 nitrogen and oxygen atoms in total. The van der Waals surface area contributed by atoms with E-state index in [1.807, 2.05) is 0 Å². The largest absolute Gasteiger partial charge is 0.417 e. The van der Waals surface area contributed by atoms with Gasteiger partial charge in [-0.15, -0.1) is 0 Å². The third-order valence-electron chi connectivity index (χ3n) is 5.06. The lowest BCUT2D eigenvalue weighted by Gasteiger charge is -2.22. The Hall–Kier alpha value is -1.96. The number of halogens is 6. The van der Waals surface area contributed by atoms with Gasteiger partial charge in [0.1, 0.15) is 6.04 Å². The highest BCUT2D eigenvalue weighted by atomic mass is 35.5. The van der Waals surface area contributed by atoms with E-state index < -0.39 is 40.0 Å². The first-order chi connectivity index (χ1) is 13.9. The number of carbonyl (C=O) groups is 2. The first-order valence-electron chi connectivity index (χ1n) is 8.85. The van der Waals surface area contributed by atoms with Crippen LogP contribution < -0.4 is 11.1 Å². The number of nitrogens with one attached hydrogen (secondary N) is 1. The average molecular weight is 480 g/mol. The Morgan fingerprint density at radius 2 is 1.73 bits per heavy atom. The zero-order valence-corrected chi connectivity index (χ0v) is 17.6. The molecule has 2 amide bonds. The van der Waals surface area contributed by atoms with Crippen molar-refractivity contribution in [3.05, 3.63) is 68.2 Å². The Balaban J connectivity index is 1.79. The molecule has 1 saturated carbocycles. The number of hydrogen-bond donors (Lipinski definition) is 2. The molecular weight excluding hydrogens is 464 g/mol. The second kappa shape index (κ2) is 8.29. The molecule has 0 bridgehead atoms. The number of hydrogen-bond acceptors (Lipinski definition) is 2. The number of carbonyl (C=O) groups excluding carboxylic acids is 2. The summed E-state index contributed by atoms with van der Waals surface area (Å²) >= 11 is 17.9. The first kappa shape index (κ1) is 22.7. The standard InChI is InChI=1S/C20H16Cl3F3N2O2/c21-11-2-4-12(15(23)9-11)19(5-6-19)18(30)28-16(17(27)29)8-10-1-3-13(14(22)7-10)20(24,25)26/h1-4,7,9,16H,5-6,8H2,(H2,27,29)(H,28,30). The number of nitrogens with two attached hydrogens (primary N) is 1. The molecule has 0 aromatic heterocycles. The van der Waals surface area contributed by atoms with E-state index in [0.717, 1.165) is 12.1 Å². The lowest BCUT2D eigenvalue weighted by Crippen LogP contribution is -2.49. The molecule has 0 radical (unpaired) electrons. The van der Waals surface area contributed by atoms with Gasteiger partial charge in [0.15, 0.2) is 0 Å². The van der Waals surface area contributed by atoms with Gasteiger partial charge in [-0.25, -0.2) is 0 Å². The van der Waals surface area contributed by atoms with Crippen LogP contribution in [0.25, 0.3) is 0 Å². The molecule has 1 atom stereocenters. The molecule has 1 aliphatic rings. The smallest absolute Gasteiger partial charge is 0.368 e. The molecule has 30 heavy (non-hydrogen) atoms. The van der Waals surface area contributed by atoms with Crippen LogP contribution in [0.1, 0.15) is 29.5 Å². The number of benzene rings is 2. The Kier molecular flexibility index (Phi) is 6.28. The summed E-state index contributed by atoms with van der Waals surface area (Å²) in [5, 5.41) is 2.86. The van der Waals surface area contributed by atoms with Crippen molar-refractivity contribution in [2.75, 3.05) is 0 Å². The van der Waals surface area contributed by atoms with Crippen LogP contribution in [0.5, 0.6) is 0 Å². The van der Waals surface area contributed by atoms with Crippen LogP contribution in [0, 0.1) is 0 Å². The van der Waals surface area contributed by atoms with Crippen molar-refractivity contribution in [2.24, 2.45) is 5.73 Å². The molecule has 10 heteroatoms. The topological polar surface area (TPSA) is 72.2 Å². The Morgan fingerprint density at radius 3 is 2.23 bits per heavy atom. The average Bonchev–Trinajstić information content (AvgIpc) is 3.41. The van der Waals surface area contributed by atoms with Crippen LogP contribution in [0.2, 0.25) is 15.1 Å². The van der Waals surface area contributed by atoms with Crippen LogP contribution in [0.15, 0.2) is 36.4 Å². The molecule has 1 unspecified atom stereocenters. The molecule has 1 aliphatic carbocycles. The van der Waals surface area contributed by atoms with Crippen molar-refractivity contribution in [1.29, 1.82) is 0 Å². The number of alkyl halides is 3. The Labute approximate surface area is 185 Å². The normalized spacial score (nSPS) is 16.1. The second-order valence-electron chi connectivity index (χ2n) is 7.15. The minimum atomic E-state index is -4.59. The van der Waals surface area contributed by atoms with Crippen molar-refractivity contribution in [1.82, 2.24) is 5.32 Å². The molecule has 0 heterocycles. The fraction of sp³-hybridized carbons (Fsp3) is 0.300. The van der Waals surface area contributed by atoms with Gasteiger partial charge in [0.05, 0.1) is 16.0 Å². The van der Waals surface area contributed by atoms with Gasteiger partial charge in [-0.3, -0.25) is 9.59 Å². The molecule has 160 valence electrons. The number of amides is 2. The van der Waals surface area contributed by atoms with Gasteiger partial charge < -0.3 is 11.1 Å². The van der Waals surface area contributed by atoms with Crippen molar-refractivity contribution in [2.45, 2.75) is 36.9 Å². The Bertz CT molecular complexity index is 1010. The van der Waals surface area contributed by atoms with E-state index in [2.05, 4.69) is 5.32 Å². The van der Waals surface area contributed by atoms with Crippen LogP contribution in [0.3, 0.4) is 0 Å². The zero-order valence-electron chi connectivity index (χ0n) is 15.3. The lowest BCUT2D eigenvalue weighted by molar-refractivity contribution is -0.137. The summed E-state index contributed by atoms with van der Waals surface area (Å²) in [6, 6.07) is 6.80. The maximum Gasteiger partial charge on any atom is 0.417 e. The van der Waals surface area contributed by atoms with Gasteiger partial charge in [0.25, 0.3) is 0 Å². The second-order valence-corrected chi connectivity index (χ2v) is 8.40. The summed E-state index contributed by atoms with van der Waals surface area (Å²) in [4.78, 5) is 24.8. The summed E-state index contributed by atoms with van der Waals surface area (Å²) in [7, 11) is 0. The summed E-state index contributed by atoms with van der Waals surface area (Å²) in [5.74, 6) is -1.26. The number of primary amides is 1. The third kappa shape index (κ3) is 4.68. The van der Waals surface area contributed by atoms with E-state index in [0.29, 0.717) is 34.0 Å². The minimum absolute atomic E-state index is 0.108. The van der Waals surface area contributed by atoms with Crippen LogP contribution in [0.4, 0.5) is 13.2 Å². The highest BCUT2D eigenvalue weighted by molar-refractivity contribution is 6.35. The monoisotopic (exact) mass is 478 g/mol. The minimum Gasteiger partial charge on any atom is -0.368 e. The van der Waals surface area contributed by atoms with E-state index >= 15 is 0 Å². The lowest BCUT2D eigenvalue weighted by atomic mass is 9.94. The maximum absolute atomic E-state index is 12.9. The van der Waals surface area contributed by atoms with Crippen molar-refractivity contribution < 1.29 is 22.8 Å². The van der Waals surface area contributed by atoms with E-state index in [9.17, 15) is 22.8 Å². The molecule has 0 saturated heterocycles. The van der Waals surface area contributed by atoms with Gasteiger partial charge >= 0.3 is 6.18 Å². The molecule has 3 N–H and O–H groups in total. The Morgan fingerprint density at radius 1 is 1.07 bits per heavy atom. The summed E-state index contributed by atoms with van der Waals surface area (Å²) in [6.45, 7) is 0. The first-order valence-corrected chi connectivity index (χ1v) is 9.99. The molecule has 0 spiro atoms.